The molecule has 1 aromatic heterocycles. The number of hydrogen-bond acceptors (Lipinski definition) is 4. The summed E-state index contributed by atoms with van der Waals surface area (Å²) < 4.78 is 13.0. The maximum atomic E-state index is 13.0. The number of nitrogens with zero attached hydrogens (tertiary/aromatic N) is 3. The number of aromatic nitrogens is 1. The maximum Gasteiger partial charge on any atom is 0.321 e. The molecule has 0 saturated carbocycles. The van der Waals surface area contributed by atoms with Gasteiger partial charge in [0.1, 0.15) is 10.8 Å². The van der Waals surface area contributed by atoms with E-state index >= 15 is 0 Å². The van der Waals surface area contributed by atoms with Crippen LogP contribution in [-0.4, -0.2) is 47.0 Å². The van der Waals surface area contributed by atoms with E-state index in [0.29, 0.717) is 23.8 Å². The van der Waals surface area contributed by atoms with Crippen molar-refractivity contribution < 1.29 is 9.18 Å². The van der Waals surface area contributed by atoms with Crippen molar-refractivity contribution in [3.63, 3.8) is 0 Å². The minimum atomic E-state index is -0.321. The van der Waals surface area contributed by atoms with Gasteiger partial charge in [0.15, 0.2) is 0 Å². The predicted octanol–water partition coefficient (Wildman–Crippen LogP) is 4.95. The van der Waals surface area contributed by atoms with Crippen molar-refractivity contribution in [2.75, 3.05) is 31.5 Å². The van der Waals surface area contributed by atoms with E-state index in [4.69, 9.17) is 16.6 Å². The Balaban J connectivity index is 1.28. The topological polar surface area (TPSA) is 48.5 Å². The molecule has 0 aliphatic carbocycles. The second kappa shape index (κ2) is 8.90. The van der Waals surface area contributed by atoms with Crippen LogP contribution in [0.15, 0.2) is 53.9 Å². The minimum absolute atomic E-state index is 0.157. The summed E-state index contributed by atoms with van der Waals surface area (Å²) in [7, 11) is 0. The average Bonchev–Trinajstić information content (AvgIpc) is 3.19. The highest BCUT2D eigenvalue weighted by molar-refractivity contribution is 7.09. The van der Waals surface area contributed by atoms with E-state index in [1.54, 1.807) is 28.4 Å². The summed E-state index contributed by atoms with van der Waals surface area (Å²) in [4.78, 5) is 21.2. The first-order valence-corrected chi connectivity index (χ1v) is 10.6. The molecule has 0 atom stereocenters. The third kappa shape index (κ3) is 5.12. The van der Waals surface area contributed by atoms with Crippen LogP contribution in [-0.2, 0) is 6.54 Å². The summed E-state index contributed by atoms with van der Waals surface area (Å²) in [5.74, 6) is -0.321. The van der Waals surface area contributed by atoms with Crippen LogP contribution in [0.5, 0.6) is 0 Å². The van der Waals surface area contributed by atoms with Crippen LogP contribution >= 0.6 is 22.9 Å². The van der Waals surface area contributed by atoms with Crippen molar-refractivity contribution in [2.45, 2.75) is 6.54 Å². The van der Waals surface area contributed by atoms with Crippen molar-refractivity contribution in [1.82, 2.24) is 14.8 Å². The predicted molar refractivity (Wildman–Crippen MR) is 115 cm³/mol. The lowest BCUT2D eigenvalue weighted by Crippen LogP contribution is -2.49. The molecule has 3 aromatic rings. The van der Waals surface area contributed by atoms with E-state index in [-0.39, 0.29) is 11.8 Å². The molecule has 0 unspecified atom stereocenters. The molecule has 150 valence electrons. The van der Waals surface area contributed by atoms with Crippen LogP contribution < -0.4 is 5.32 Å². The number of urea groups is 1. The molecule has 29 heavy (non-hydrogen) atoms. The van der Waals surface area contributed by atoms with Gasteiger partial charge < -0.3 is 10.2 Å². The van der Waals surface area contributed by atoms with Crippen molar-refractivity contribution in [1.29, 1.82) is 0 Å². The molecule has 2 heterocycles. The van der Waals surface area contributed by atoms with Crippen LogP contribution in [0.4, 0.5) is 14.9 Å². The Morgan fingerprint density at radius 2 is 1.76 bits per heavy atom. The number of piperazine rings is 1. The van der Waals surface area contributed by atoms with Gasteiger partial charge in [-0.2, -0.15) is 0 Å². The third-order valence-electron chi connectivity index (χ3n) is 4.81. The smallest absolute Gasteiger partial charge is 0.321 e. The molecule has 2 aromatic carbocycles. The van der Waals surface area contributed by atoms with E-state index < -0.39 is 0 Å². The number of anilines is 1. The summed E-state index contributed by atoms with van der Waals surface area (Å²) >= 11 is 7.59. The first kappa shape index (κ1) is 19.8. The van der Waals surface area contributed by atoms with E-state index in [0.717, 1.165) is 35.9 Å². The number of thiazole rings is 1. The zero-order valence-electron chi connectivity index (χ0n) is 15.6. The molecular weight excluding hydrogens is 411 g/mol. The summed E-state index contributed by atoms with van der Waals surface area (Å²) in [6.45, 7) is 3.62. The first-order valence-electron chi connectivity index (χ1n) is 9.31. The zero-order chi connectivity index (χ0) is 20.2. The van der Waals surface area contributed by atoms with E-state index in [2.05, 4.69) is 15.6 Å². The van der Waals surface area contributed by atoms with Crippen molar-refractivity contribution in [3.8, 4) is 11.3 Å². The monoisotopic (exact) mass is 430 g/mol. The third-order valence-corrected chi connectivity index (χ3v) is 5.89. The highest BCUT2D eigenvalue weighted by Gasteiger charge is 2.22. The van der Waals surface area contributed by atoms with Crippen LogP contribution in [0.3, 0.4) is 0 Å². The largest absolute Gasteiger partial charge is 0.322 e. The number of rotatable bonds is 4. The number of benzene rings is 2. The molecule has 1 fully saturated rings. The van der Waals surface area contributed by atoms with Gasteiger partial charge in [0, 0.05) is 47.8 Å². The molecule has 0 spiro atoms. The normalized spacial score (nSPS) is 14.8. The van der Waals surface area contributed by atoms with E-state index in [9.17, 15) is 9.18 Å². The Morgan fingerprint density at radius 3 is 2.45 bits per heavy atom. The van der Waals surface area contributed by atoms with Gasteiger partial charge in [-0.3, -0.25) is 4.90 Å². The maximum absolute atomic E-state index is 13.0. The summed E-state index contributed by atoms with van der Waals surface area (Å²) in [5.41, 5.74) is 2.61. The molecule has 1 saturated heterocycles. The lowest BCUT2D eigenvalue weighted by molar-refractivity contribution is 0.143. The lowest BCUT2D eigenvalue weighted by atomic mass is 10.2. The summed E-state index contributed by atoms with van der Waals surface area (Å²) in [6, 6.07) is 13.3. The van der Waals surface area contributed by atoms with Gasteiger partial charge in [-0.25, -0.2) is 14.2 Å². The second-order valence-corrected chi connectivity index (χ2v) is 8.21. The molecule has 1 aliphatic heterocycles. The molecule has 8 heteroatoms. The highest BCUT2D eigenvalue weighted by Crippen LogP contribution is 2.24. The molecule has 0 bridgehead atoms. The molecule has 5 nitrogen and oxygen atoms in total. The lowest BCUT2D eigenvalue weighted by Gasteiger charge is -2.34. The molecular formula is C21H20ClFN4OS. The zero-order valence-corrected chi connectivity index (χ0v) is 17.2. The fraction of sp³-hybridized carbons (Fsp3) is 0.238. The summed E-state index contributed by atoms with van der Waals surface area (Å²) in [5, 5.41) is 6.64. The van der Waals surface area contributed by atoms with Crippen LogP contribution in [0.2, 0.25) is 5.02 Å². The van der Waals surface area contributed by atoms with Gasteiger partial charge in [0.25, 0.3) is 0 Å². The molecule has 1 N–H and O–H groups in total. The van der Waals surface area contributed by atoms with Crippen molar-refractivity contribution >= 4 is 34.7 Å². The van der Waals surface area contributed by atoms with Crippen molar-refractivity contribution in [3.05, 3.63) is 69.8 Å². The van der Waals surface area contributed by atoms with Gasteiger partial charge in [-0.05, 0) is 36.4 Å². The number of hydrogen-bond donors (Lipinski definition) is 1. The van der Waals surface area contributed by atoms with E-state index in [1.165, 1.54) is 12.1 Å². The van der Waals surface area contributed by atoms with Crippen LogP contribution in [0.25, 0.3) is 11.3 Å². The fourth-order valence-corrected chi connectivity index (χ4v) is 4.14. The second-order valence-electron chi connectivity index (χ2n) is 6.83. The van der Waals surface area contributed by atoms with Gasteiger partial charge in [0.2, 0.25) is 0 Å². The molecule has 4 rings (SSSR count). The Labute approximate surface area is 177 Å². The highest BCUT2D eigenvalue weighted by atomic mass is 35.5. The van der Waals surface area contributed by atoms with Gasteiger partial charge in [0.05, 0.1) is 12.2 Å². The number of carbonyl (C=O) groups excluding carboxylic acids is 1. The SMILES string of the molecule is O=C(Nc1ccc(F)cc1)N1CCN(Cc2nc(-c3ccc(Cl)cc3)cs2)CC1. The number of halogens is 2. The molecule has 2 amide bonds. The van der Waals surface area contributed by atoms with Gasteiger partial charge in [-0.15, -0.1) is 11.3 Å². The van der Waals surface area contributed by atoms with Crippen LogP contribution in [0, 0.1) is 5.82 Å². The quantitative estimate of drug-likeness (QED) is 0.637. The Hall–Kier alpha value is -2.48. The van der Waals surface area contributed by atoms with Crippen molar-refractivity contribution in [2.24, 2.45) is 0 Å². The Bertz CT molecular complexity index is 969. The standard InChI is InChI=1S/C21H20ClFN4OS/c22-16-3-1-15(2-4-16)19-14-29-20(25-19)13-26-9-11-27(12-10-26)21(28)24-18-7-5-17(23)6-8-18/h1-8,14H,9-13H2,(H,24,28). The summed E-state index contributed by atoms with van der Waals surface area (Å²) in [6.07, 6.45) is 0. The molecule has 0 radical (unpaired) electrons. The number of carbonyl (C=O) groups is 1. The molecule has 1 aliphatic rings. The Kier molecular flexibility index (Phi) is 6.08. The van der Waals surface area contributed by atoms with Gasteiger partial charge >= 0.3 is 6.03 Å². The first-order chi connectivity index (χ1) is 14.1. The van der Waals surface area contributed by atoms with Crippen LogP contribution in [0.1, 0.15) is 5.01 Å². The van der Waals surface area contributed by atoms with Gasteiger partial charge in [-0.1, -0.05) is 23.7 Å². The fourth-order valence-electron chi connectivity index (χ4n) is 3.17. The average molecular weight is 431 g/mol. The van der Waals surface area contributed by atoms with E-state index in [1.807, 2.05) is 24.3 Å². The number of amides is 2. The number of nitrogens with one attached hydrogen (secondary N) is 1. The Morgan fingerprint density at radius 1 is 1.07 bits per heavy atom. The minimum Gasteiger partial charge on any atom is -0.322 e.